The number of rotatable bonds is 3. The molecular weight excluding hydrogens is 318 g/mol. The fourth-order valence-electron chi connectivity index (χ4n) is 3.02. The molecule has 0 radical (unpaired) electrons. The number of nitrogens with zero attached hydrogens (tertiary/aromatic N) is 1. The Bertz CT molecular complexity index is 1130. The number of hydrogen-bond acceptors (Lipinski definition) is 4. The molecule has 0 atom stereocenters. The van der Waals surface area contributed by atoms with Crippen molar-refractivity contribution in [3.63, 3.8) is 0 Å². The van der Waals surface area contributed by atoms with Gasteiger partial charge in [0.25, 0.3) is 0 Å². The van der Waals surface area contributed by atoms with Gasteiger partial charge in [0.05, 0.1) is 18.2 Å². The van der Waals surface area contributed by atoms with Crippen LogP contribution in [0.25, 0.3) is 33.3 Å². The van der Waals surface area contributed by atoms with E-state index in [1.165, 1.54) is 0 Å². The third kappa shape index (κ3) is 2.41. The quantitative estimate of drug-likeness (QED) is 0.590. The first kappa shape index (κ1) is 15.2. The van der Waals surface area contributed by atoms with Crippen LogP contribution in [-0.4, -0.2) is 23.2 Å². The highest BCUT2D eigenvalue weighted by atomic mass is 16.5. The van der Waals surface area contributed by atoms with Crippen molar-refractivity contribution in [1.82, 2.24) is 4.98 Å². The number of furan rings is 1. The molecule has 5 heteroatoms. The normalized spacial score (nSPS) is 11.1. The van der Waals surface area contributed by atoms with E-state index in [9.17, 15) is 9.90 Å². The first-order chi connectivity index (χ1) is 12.1. The Balaban J connectivity index is 2.01. The summed E-state index contributed by atoms with van der Waals surface area (Å²) >= 11 is 0. The number of carboxylic acid groups (broad SMARTS) is 1. The van der Waals surface area contributed by atoms with Crippen LogP contribution in [0.5, 0.6) is 5.75 Å². The molecule has 0 saturated heterocycles. The van der Waals surface area contributed by atoms with E-state index in [0.717, 1.165) is 10.9 Å². The van der Waals surface area contributed by atoms with Gasteiger partial charge in [-0.25, -0.2) is 9.78 Å². The van der Waals surface area contributed by atoms with E-state index in [-0.39, 0.29) is 5.56 Å². The Morgan fingerprint density at radius 3 is 2.72 bits per heavy atom. The second kappa shape index (κ2) is 5.63. The van der Waals surface area contributed by atoms with E-state index in [1.54, 1.807) is 19.2 Å². The molecule has 2 aromatic heterocycles. The monoisotopic (exact) mass is 333 g/mol. The number of para-hydroxylation sites is 2. The van der Waals surface area contributed by atoms with E-state index < -0.39 is 5.97 Å². The predicted octanol–water partition coefficient (Wildman–Crippen LogP) is 4.66. The summed E-state index contributed by atoms with van der Waals surface area (Å²) in [5, 5.41) is 11.1. The van der Waals surface area contributed by atoms with Crippen molar-refractivity contribution in [3.05, 3.63) is 59.7 Å². The summed E-state index contributed by atoms with van der Waals surface area (Å²) in [6.07, 6.45) is 0. The highest BCUT2D eigenvalue weighted by molar-refractivity contribution is 6.04. The van der Waals surface area contributed by atoms with E-state index >= 15 is 0 Å². The highest BCUT2D eigenvalue weighted by Crippen LogP contribution is 2.34. The van der Waals surface area contributed by atoms with E-state index in [4.69, 9.17) is 9.15 Å². The molecule has 2 heterocycles. The largest absolute Gasteiger partial charge is 0.493 e. The summed E-state index contributed by atoms with van der Waals surface area (Å²) in [4.78, 5) is 16.3. The van der Waals surface area contributed by atoms with Gasteiger partial charge < -0.3 is 14.3 Å². The van der Waals surface area contributed by atoms with Gasteiger partial charge in [0, 0.05) is 10.8 Å². The van der Waals surface area contributed by atoms with Crippen molar-refractivity contribution in [3.8, 4) is 17.2 Å². The maximum Gasteiger partial charge on any atom is 0.336 e. The number of aromatic nitrogens is 1. The van der Waals surface area contributed by atoms with Crippen LogP contribution in [0, 0.1) is 6.92 Å². The fourth-order valence-corrected chi connectivity index (χ4v) is 3.02. The molecule has 2 aromatic carbocycles. The van der Waals surface area contributed by atoms with Gasteiger partial charge in [-0.2, -0.15) is 0 Å². The van der Waals surface area contributed by atoms with Crippen LogP contribution in [0.3, 0.4) is 0 Å². The molecule has 0 fully saturated rings. The first-order valence-corrected chi connectivity index (χ1v) is 7.79. The zero-order chi connectivity index (χ0) is 17.6. The van der Waals surface area contributed by atoms with Gasteiger partial charge in [0.1, 0.15) is 5.69 Å². The van der Waals surface area contributed by atoms with Crippen molar-refractivity contribution in [1.29, 1.82) is 0 Å². The number of aryl methyl sites for hydroxylation is 1. The number of methoxy groups -OCH3 is 1. The smallest absolute Gasteiger partial charge is 0.336 e. The molecule has 0 aliphatic carbocycles. The van der Waals surface area contributed by atoms with Gasteiger partial charge in [0.15, 0.2) is 17.1 Å². The van der Waals surface area contributed by atoms with E-state index in [0.29, 0.717) is 33.7 Å². The fraction of sp³-hybridized carbons (Fsp3) is 0.100. The summed E-state index contributed by atoms with van der Waals surface area (Å²) in [6.45, 7) is 1.91. The van der Waals surface area contributed by atoms with Crippen LogP contribution in [0.2, 0.25) is 0 Å². The summed E-state index contributed by atoms with van der Waals surface area (Å²) in [5.74, 6) is 0.138. The van der Waals surface area contributed by atoms with Gasteiger partial charge in [-0.1, -0.05) is 30.3 Å². The van der Waals surface area contributed by atoms with Crippen LogP contribution in [-0.2, 0) is 0 Å². The summed E-state index contributed by atoms with van der Waals surface area (Å²) in [5.41, 5.74) is 2.87. The van der Waals surface area contributed by atoms with Crippen LogP contribution in [0.15, 0.2) is 52.9 Å². The van der Waals surface area contributed by atoms with Crippen molar-refractivity contribution in [2.75, 3.05) is 7.11 Å². The Hall–Kier alpha value is -3.34. The third-order valence-corrected chi connectivity index (χ3v) is 4.25. The minimum Gasteiger partial charge on any atom is -0.493 e. The number of carboxylic acids is 1. The number of ether oxygens (including phenoxy) is 1. The van der Waals surface area contributed by atoms with E-state index in [2.05, 4.69) is 4.98 Å². The van der Waals surface area contributed by atoms with Crippen molar-refractivity contribution in [2.45, 2.75) is 6.92 Å². The Labute approximate surface area is 143 Å². The van der Waals surface area contributed by atoms with E-state index in [1.807, 2.05) is 43.3 Å². The molecule has 0 bridgehead atoms. The van der Waals surface area contributed by atoms with Gasteiger partial charge in [-0.05, 0) is 30.7 Å². The van der Waals surface area contributed by atoms with Crippen LogP contribution in [0.1, 0.15) is 15.9 Å². The zero-order valence-corrected chi connectivity index (χ0v) is 13.7. The zero-order valence-electron chi connectivity index (χ0n) is 13.7. The Kier molecular flexibility index (Phi) is 3.42. The molecule has 124 valence electrons. The standard InChI is InChI=1S/C20H15NO4/c1-11-5-3-7-13-14(20(22)23)10-15(21-18(11)13)17-9-12-6-4-8-16(24-2)19(12)25-17/h3-10H,1-2H3,(H,22,23). The Morgan fingerprint density at radius 1 is 1.16 bits per heavy atom. The lowest BCUT2D eigenvalue weighted by molar-refractivity contribution is 0.0699. The number of benzene rings is 2. The molecule has 4 rings (SSSR count). The second-order valence-electron chi connectivity index (χ2n) is 5.82. The van der Waals surface area contributed by atoms with Crippen molar-refractivity contribution in [2.24, 2.45) is 0 Å². The van der Waals surface area contributed by atoms with Crippen LogP contribution in [0.4, 0.5) is 0 Å². The predicted molar refractivity (Wildman–Crippen MR) is 95.2 cm³/mol. The topological polar surface area (TPSA) is 72.6 Å². The van der Waals surface area contributed by atoms with Gasteiger partial charge >= 0.3 is 5.97 Å². The second-order valence-corrected chi connectivity index (χ2v) is 5.82. The summed E-state index contributed by atoms with van der Waals surface area (Å²) in [7, 11) is 1.58. The lowest BCUT2D eigenvalue weighted by Crippen LogP contribution is -2.00. The highest BCUT2D eigenvalue weighted by Gasteiger charge is 2.17. The lowest BCUT2D eigenvalue weighted by Gasteiger charge is -2.07. The van der Waals surface area contributed by atoms with Crippen LogP contribution >= 0.6 is 0 Å². The number of pyridine rings is 1. The molecule has 4 aromatic rings. The average molecular weight is 333 g/mol. The minimum absolute atomic E-state index is 0.205. The molecular formula is C20H15NO4. The molecule has 0 spiro atoms. The minimum atomic E-state index is -0.993. The van der Waals surface area contributed by atoms with Crippen LogP contribution < -0.4 is 4.74 Å². The number of hydrogen-bond donors (Lipinski definition) is 1. The molecule has 0 aliphatic rings. The van der Waals surface area contributed by atoms with Gasteiger partial charge in [-0.15, -0.1) is 0 Å². The third-order valence-electron chi connectivity index (χ3n) is 4.25. The number of carbonyl (C=O) groups is 1. The van der Waals surface area contributed by atoms with Gasteiger partial charge in [0.2, 0.25) is 0 Å². The first-order valence-electron chi connectivity index (χ1n) is 7.79. The SMILES string of the molecule is COc1cccc2cc(-c3cc(C(=O)O)c4cccc(C)c4n3)oc12. The maximum atomic E-state index is 11.7. The molecule has 1 N–H and O–H groups in total. The molecule has 0 aliphatic heterocycles. The van der Waals surface area contributed by atoms with Gasteiger partial charge in [-0.3, -0.25) is 0 Å². The van der Waals surface area contributed by atoms with Crippen molar-refractivity contribution < 1.29 is 19.1 Å². The molecule has 0 unspecified atom stereocenters. The maximum absolute atomic E-state index is 11.7. The summed E-state index contributed by atoms with van der Waals surface area (Å²) in [6, 6.07) is 14.5. The Morgan fingerprint density at radius 2 is 1.96 bits per heavy atom. The molecule has 0 saturated carbocycles. The molecule has 5 nitrogen and oxygen atoms in total. The number of fused-ring (bicyclic) bond motifs is 2. The lowest BCUT2D eigenvalue weighted by atomic mass is 10.0. The average Bonchev–Trinajstić information content (AvgIpc) is 3.05. The van der Waals surface area contributed by atoms with Crippen molar-refractivity contribution >= 4 is 27.8 Å². The number of aromatic carboxylic acids is 1. The molecule has 0 amide bonds. The summed E-state index contributed by atoms with van der Waals surface area (Å²) < 4.78 is 11.2. The molecule has 25 heavy (non-hydrogen) atoms.